The van der Waals surface area contributed by atoms with Gasteiger partial charge in [0.2, 0.25) is 0 Å². The minimum Gasteiger partial charge on any atom is -0.411 e. The Morgan fingerprint density at radius 2 is 2.29 bits per heavy atom. The number of aromatic nitrogens is 3. The Bertz CT molecular complexity index is 379. The standard InChI is InChI=1S/C11H18N4O2/c1-2-15-11(12-8-13-15)7-17-10-5-3-9(14-16)4-6-10/h8,10,16H,2-7H2,1H3. The van der Waals surface area contributed by atoms with Crippen LogP contribution < -0.4 is 0 Å². The fraction of sp³-hybridized carbons (Fsp3) is 0.727. The fourth-order valence-corrected chi connectivity index (χ4v) is 2.05. The lowest BCUT2D eigenvalue weighted by Gasteiger charge is -2.22. The van der Waals surface area contributed by atoms with Crippen LogP contribution in [0.4, 0.5) is 0 Å². The van der Waals surface area contributed by atoms with Gasteiger partial charge >= 0.3 is 0 Å². The highest BCUT2D eigenvalue weighted by Gasteiger charge is 2.19. The van der Waals surface area contributed by atoms with Crippen molar-refractivity contribution in [2.75, 3.05) is 0 Å². The van der Waals surface area contributed by atoms with Gasteiger partial charge < -0.3 is 9.94 Å². The van der Waals surface area contributed by atoms with E-state index in [0.29, 0.717) is 6.61 Å². The molecule has 0 atom stereocenters. The number of hydrogen-bond donors (Lipinski definition) is 1. The zero-order valence-corrected chi connectivity index (χ0v) is 10.0. The van der Waals surface area contributed by atoms with Crippen molar-refractivity contribution >= 4 is 5.71 Å². The van der Waals surface area contributed by atoms with Gasteiger partial charge in [0.25, 0.3) is 0 Å². The van der Waals surface area contributed by atoms with Gasteiger partial charge in [-0.25, -0.2) is 9.67 Å². The molecule has 0 radical (unpaired) electrons. The molecule has 0 bridgehead atoms. The van der Waals surface area contributed by atoms with E-state index in [-0.39, 0.29) is 6.10 Å². The summed E-state index contributed by atoms with van der Waals surface area (Å²) in [6.45, 7) is 3.34. The van der Waals surface area contributed by atoms with E-state index in [1.54, 1.807) is 6.33 Å². The van der Waals surface area contributed by atoms with E-state index in [9.17, 15) is 0 Å². The summed E-state index contributed by atoms with van der Waals surface area (Å²) in [5, 5.41) is 16.0. The molecular formula is C11H18N4O2. The molecular weight excluding hydrogens is 220 g/mol. The second-order valence-electron chi connectivity index (χ2n) is 4.17. The van der Waals surface area contributed by atoms with E-state index in [2.05, 4.69) is 15.2 Å². The molecule has 1 saturated carbocycles. The van der Waals surface area contributed by atoms with Gasteiger partial charge in [-0.15, -0.1) is 0 Å². The highest BCUT2D eigenvalue weighted by Crippen LogP contribution is 2.19. The monoisotopic (exact) mass is 238 g/mol. The van der Waals surface area contributed by atoms with Crippen molar-refractivity contribution in [2.24, 2.45) is 5.16 Å². The zero-order chi connectivity index (χ0) is 12.1. The van der Waals surface area contributed by atoms with Gasteiger partial charge in [-0.1, -0.05) is 5.16 Å². The quantitative estimate of drug-likeness (QED) is 0.638. The number of ether oxygens (including phenoxy) is 1. The predicted octanol–water partition coefficient (Wildman–Crippen LogP) is 1.59. The topological polar surface area (TPSA) is 72.5 Å². The summed E-state index contributed by atoms with van der Waals surface area (Å²) in [5.74, 6) is 0.870. The number of nitrogens with zero attached hydrogens (tertiary/aromatic N) is 4. The van der Waals surface area contributed by atoms with E-state index < -0.39 is 0 Å². The molecule has 0 amide bonds. The summed E-state index contributed by atoms with van der Waals surface area (Å²) in [4.78, 5) is 4.17. The SMILES string of the molecule is CCn1ncnc1COC1CCC(=NO)CC1. The first-order chi connectivity index (χ1) is 8.33. The summed E-state index contributed by atoms with van der Waals surface area (Å²) < 4.78 is 7.64. The van der Waals surface area contributed by atoms with Gasteiger partial charge in [0.05, 0.1) is 11.8 Å². The summed E-state index contributed by atoms with van der Waals surface area (Å²) in [6.07, 6.45) is 5.27. The molecule has 0 spiro atoms. The predicted molar refractivity (Wildman–Crippen MR) is 62.0 cm³/mol. The van der Waals surface area contributed by atoms with Crippen molar-refractivity contribution in [3.8, 4) is 0 Å². The number of hydrogen-bond acceptors (Lipinski definition) is 5. The molecule has 94 valence electrons. The minimum absolute atomic E-state index is 0.238. The van der Waals surface area contributed by atoms with E-state index in [1.165, 1.54) is 0 Å². The van der Waals surface area contributed by atoms with Crippen LogP contribution >= 0.6 is 0 Å². The maximum Gasteiger partial charge on any atom is 0.152 e. The molecule has 0 aromatic carbocycles. The molecule has 0 aliphatic heterocycles. The molecule has 0 saturated heterocycles. The molecule has 1 N–H and O–H groups in total. The van der Waals surface area contributed by atoms with Gasteiger partial charge in [-0.3, -0.25) is 0 Å². The molecule has 2 rings (SSSR count). The van der Waals surface area contributed by atoms with Crippen LogP contribution in [0.2, 0.25) is 0 Å². The molecule has 1 heterocycles. The van der Waals surface area contributed by atoms with Gasteiger partial charge in [0, 0.05) is 6.54 Å². The van der Waals surface area contributed by atoms with Crippen LogP contribution in [0.1, 0.15) is 38.4 Å². The first-order valence-electron chi connectivity index (χ1n) is 6.01. The maximum absolute atomic E-state index is 8.65. The lowest BCUT2D eigenvalue weighted by Crippen LogP contribution is -2.22. The molecule has 6 heteroatoms. The van der Waals surface area contributed by atoms with Crippen LogP contribution in [0, 0.1) is 0 Å². The van der Waals surface area contributed by atoms with Crippen LogP contribution in [-0.2, 0) is 17.9 Å². The summed E-state index contributed by atoms with van der Waals surface area (Å²) in [5.41, 5.74) is 0.876. The average Bonchev–Trinajstić information content (AvgIpc) is 2.84. The zero-order valence-electron chi connectivity index (χ0n) is 10.0. The molecule has 1 fully saturated rings. The van der Waals surface area contributed by atoms with Crippen molar-refractivity contribution in [3.05, 3.63) is 12.2 Å². The van der Waals surface area contributed by atoms with Crippen LogP contribution in [0.5, 0.6) is 0 Å². The number of aryl methyl sites for hydroxylation is 1. The molecule has 17 heavy (non-hydrogen) atoms. The van der Waals surface area contributed by atoms with E-state index in [4.69, 9.17) is 9.94 Å². The molecule has 0 unspecified atom stereocenters. The highest BCUT2D eigenvalue weighted by atomic mass is 16.5. The van der Waals surface area contributed by atoms with Gasteiger partial charge in [0.15, 0.2) is 5.82 Å². The lowest BCUT2D eigenvalue weighted by molar-refractivity contribution is 0.0223. The molecule has 1 aliphatic carbocycles. The van der Waals surface area contributed by atoms with Gasteiger partial charge in [-0.2, -0.15) is 5.10 Å². The lowest BCUT2D eigenvalue weighted by atomic mass is 9.96. The highest BCUT2D eigenvalue weighted by molar-refractivity contribution is 5.84. The number of oxime groups is 1. The van der Waals surface area contributed by atoms with E-state index in [1.807, 2.05) is 11.6 Å². The normalized spacial score (nSPS) is 20.5. The summed E-state index contributed by atoms with van der Waals surface area (Å²) in [6, 6.07) is 0. The number of rotatable bonds is 4. The minimum atomic E-state index is 0.238. The third-order valence-corrected chi connectivity index (χ3v) is 3.09. The molecule has 6 nitrogen and oxygen atoms in total. The second-order valence-corrected chi connectivity index (χ2v) is 4.17. The Hall–Kier alpha value is -1.43. The van der Waals surface area contributed by atoms with Gasteiger partial charge in [0.1, 0.15) is 12.9 Å². The van der Waals surface area contributed by atoms with Crippen LogP contribution in [0.15, 0.2) is 11.5 Å². The van der Waals surface area contributed by atoms with Crippen molar-refractivity contribution in [3.63, 3.8) is 0 Å². The van der Waals surface area contributed by atoms with E-state index >= 15 is 0 Å². The van der Waals surface area contributed by atoms with Gasteiger partial charge in [-0.05, 0) is 32.6 Å². The van der Waals surface area contributed by atoms with Crippen molar-refractivity contribution < 1.29 is 9.94 Å². The first kappa shape index (κ1) is 12.0. The Morgan fingerprint density at radius 1 is 1.53 bits per heavy atom. The Labute approximate surface area is 100 Å². The molecule has 1 aromatic rings. The second kappa shape index (κ2) is 5.77. The Kier molecular flexibility index (Phi) is 4.08. The molecule has 1 aliphatic rings. The average molecular weight is 238 g/mol. The largest absolute Gasteiger partial charge is 0.411 e. The third-order valence-electron chi connectivity index (χ3n) is 3.09. The smallest absolute Gasteiger partial charge is 0.152 e. The third kappa shape index (κ3) is 3.03. The van der Waals surface area contributed by atoms with Crippen molar-refractivity contribution in [2.45, 2.75) is 51.9 Å². The Morgan fingerprint density at radius 3 is 2.94 bits per heavy atom. The van der Waals surface area contributed by atoms with E-state index in [0.717, 1.165) is 43.8 Å². The summed E-state index contributed by atoms with van der Waals surface area (Å²) >= 11 is 0. The maximum atomic E-state index is 8.65. The first-order valence-corrected chi connectivity index (χ1v) is 6.01. The van der Waals surface area contributed by atoms with Crippen molar-refractivity contribution in [1.82, 2.24) is 14.8 Å². The van der Waals surface area contributed by atoms with Crippen molar-refractivity contribution in [1.29, 1.82) is 0 Å². The summed E-state index contributed by atoms with van der Waals surface area (Å²) in [7, 11) is 0. The molecule has 1 aromatic heterocycles. The fourth-order valence-electron chi connectivity index (χ4n) is 2.05. The Balaban J connectivity index is 1.79. The van der Waals surface area contributed by atoms with Crippen LogP contribution in [0.25, 0.3) is 0 Å². The van der Waals surface area contributed by atoms with Crippen LogP contribution in [-0.4, -0.2) is 31.8 Å². The van der Waals surface area contributed by atoms with Crippen LogP contribution in [0.3, 0.4) is 0 Å².